The molecule has 27 heavy (non-hydrogen) atoms. The number of aromatic nitrogens is 2. The van der Waals surface area contributed by atoms with Crippen LogP contribution in [-0.4, -0.2) is 27.5 Å². The number of hydrogen-bond donors (Lipinski definition) is 2. The maximum absolute atomic E-state index is 12.2. The van der Waals surface area contributed by atoms with Gasteiger partial charge in [-0.25, -0.2) is 4.98 Å². The molecule has 2 aromatic rings. The van der Waals surface area contributed by atoms with E-state index in [-0.39, 0.29) is 36.8 Å². The molecule has 7 heteroatoms. The quantitative estimate of drug-likeness (QED) is 0.658. The lowest BCUT2D eigenvalue weighted by molar-refractivity contribution is -0.123. The maximum atomic E-state index is 12.2. The second-order valence-corrected chi connectivity index (χ2v) is 7.21. The van der Waals surface area contributed by atoms with Crippen molar-refractivity contribution in [2.45, 2.75) is 58.7 Å². The Balaban J connectivity index is 0.00000338. The molecule has 1 unspecified atom stereocenters. The van der Waals surface area contributed by atoms with Crippen molar-refractivity contribution < 1.29 is 4.79 Å². The number of nitrogens with one attached hydrogen (secondary N) is 1. The van der Waals surface area contributed by atoms with Gasteiger partial charge in [-0.2, -0.15) is 0 Å². The molecule has 2 rings (SSSR count). The highest BCUT2D eigenvalue weighted by atomic mass is 35.5. The van der Waals surface area contributed by atoms with Gasteiger partial charge in [0.05, 0.1) is 18.1 Å². The van der Waals surface area contributed by atoms with Gasteiger partial charge in [-0.1, -0.05) is 44.2 Å². The minimum Gasteiger partial charge on any atom is -0.352 e. The van der Waals surface area contributed by atoms with E-state index in [2.05, 4.69) is 36.3 Å². The zero-order valence-electron chi connectivity index (χ0n) is 16.3. The van der Waals surface area contributed by atoms with Crippen molar-refractivity contribution in [3.05, 3.63) is 54.1 Å². The summed E-state index contributed by atoms with van der Waals surface area (Å²) in [5.74, 6) is 0.537. The molecule has 0 spiro atoms. The van der Waals surface area contributed by atoms with Crippen molar-refractivity contribution in [3.8, 4) is 0 Å². The molecule has 1 aromatic heterocycles. The van der Waals surface area contributed by atoms with Crippen molar-refractivity contribution in [1.82, 2.24) is 14.9 Å². The van der Waals surface area contributed by atoms with E-state index in [9.17, 15) is 4.79 Å². The smallest absolute Gasteiger partial charge is 0.237 e. The third-order valence-electron chi connectivity index (χ3n) is 4.23. The van der Waals surface area contributed by atoms with Gasteiger partial charge in [-0.15, -0.1) is 24.8 Å². The molecular weight excluding hydrogens is 383 g/mol. The van der Waals surface area contributed by atoms with Gasteiger partial charge >= 0.3 is 0 Å². The minimum absolute atomic E-state index is 0. The number of amides is 1. The fourth-order valence-electron chi connectivity index (χ4n) is 2.72. The van der Waals surface area contributed by atoms with E-state index in [1.54, 1.807) is 6.33 Å². The van der Waals surface area contributed by atoms with E-state index in [0.29, 0.717) is 12.3 Å². The first kappa shape index (κ1) is 25.4. The Morgan fingerprint density at radius 3 is 2.44 bits per heavy atom. The zero-order valence-corrected chi connectivity index (χ0v) is 17.9. The van der Waals surface area contributed by atoms with Gasteiger partial charge in [-0.3, -0.25) is 4.79 Å². The van der Waals surface area contributed by atoms with Crippen molar-refractivity contribution in [2.75, 3.05) is 0 Å². The molecule has 0 saturated carbocycles. The second-order valence-electron chi connectivity index (χ2n) is 7.21. The lowest BCUT2D eigenvalue weighted by Crippen LogP contribution is -2.45. The zero-order chi connectivity index (χ0) is 18.2. The predicted octanol–water partition coefficient (Wildman–Crippen LogP) is 3.59. The van der Waals surface area contributed by atoms with Crippen LogP contribution in [0.1, 0.15) is 44.9 Å². The van der Waals surface area contributed by atoms with Crippen LogP contribution in [0.4, 0.5) is 0 Å². The average Bonchev–Trinajstić information content (AvgIpc) is 3.00. The normalized spacial score (nSPS) is 12.6. The highest BCUT2D eigenvalue weighted by Crippen LogP contribution is 2.08. The monoisotopic (exact) mass is 414 g/mol. The number of halogens is 2. The molecule has 2 atom stereocenters. The largest absolute Gasteiger partial charge is 0.352 e. The third-order valence-corrected chi connectivity index (χ3v) is 4.23. The summed E-state index contributed by atoms with van der Waals surface area (Å²) in [5, 5.41) is 3.00. The van der Waals surface area contributed by atoms with E-state index >= 15 is 0 Å². The number of carbonyl (C=O) groups is 1. The van der Waals surface area contributed by atoms with Gasteiger partial charge in [0.2, 0.25) is 5.91 Å². The topological polar surface area (TPSA) is 72.9 Å². The second kappa shape index (κ2) is 12.8. The van der Waals surface area contributed by atoms with E-state index in [1.807, 2.05) is 35.9 Å². The molecular formula is C20H32Cl2N4O. The molecule has 0 fully saturated rings. The van der Waals surface area contributed by atoms with Gasteiger partial charge in [0.1, 0.15) is 0 Å². The molecule has 1 heterocycles. The van der Waals surface area contributed by atoms with E-state index < -0.39 is 6.04 Å². The number of hydrogen-bond acceptors (Lipinski definition) is 3. The Hall–Kier alpha value is -1.56. The molecule has 0 aliphatic heterocycles. The summed E-state index contributed by atoms with van der Waals surface area (Å²) in [6.45, 7) is 7.17. The summed E-state index contributed by atoms with van der Waals surface area (Å²) in [5.41, 5.74) is 8.11. The van der Waals surface area contributed by atoms with Gasteiger partial charge in [0, 0.05) is 25.2 Å². The van der Waals surface area contributed by atoms with E-state index in [4.69, 9.17) is 5.73 Å². The summed E-state index contributed by atoms with van der Waals surface area (Å²) in [6.07, 6.45) is 6.27. The Kier molecular flexibility index (Phi) is 12.0. The molecule has 0 bridgehead atoms. The molecule has 0 saturated heterocycles. The summed E-state index contributed by atoms with van der Waals surface area (Å²) in [7, 11) is 0. The van der Waals surface area contributed by atoms with Gasteiger partial charge in [0.15, 0.2) is 0 Å². The predicted molar refractivity (Wildman–Crippen MR) is 116 cm³/mol. The van der Waals surface area contributed by atoms with Gasteiger partial charge < -0.3 is 15.6 Å². The standard InChI is InChI=1S/C20H30N4O.2ClH/c1-15(2)9-10-16(3)23-20(25)19(21)11-18-13-24(14-22-18)12-17-7-5-4-6-8-17;;/h4-8,13-16,19H,9-12,21H2,1-3H3,(H,23,25);2*1H/t16?,19-;;/m0../s1. The molecule has 1 aromatic carbocycles. The number of imidazole rings is 1. The van der Waals surface area contributed by atoms with Crippen molar-refractivity contribution in [1.29, 1.82) is 0 Å². The molecule has 1 amide bonds. The number of nitrogens with zero attached hydrogens (tertiary/aromatic N) is 2. The van der Waals surface area contributed by atoms with Crippen LogP contribution in [0.5, 0.6) is 0 Å². The summed E-state index contributed by atoms with van der Waals surface area (Å²) >= 11 is 0. The van der Waals surface area contributed by atoms with Crippen molar-refractivity contribution in [3.63, 3.8) is 0 Å². The number of carbonyl (C=O) groups excluding carboxylic acids is 1. The third kappa shape index (κ3) is 9.27. The van der Waals surface area contributed by atoms with E-state index in [1.165, 1.54) is 5.56 Å². The minimum atomic E-state index is -0.568. The Bertz CT molecular complexity index is 661. The van der Waals surface area contributed by atoms with Crippen LogP contribution in [0, 0.1) is 5.92 Å². The summed E-state index contributed by atoms with van der Waals surface area (Å²) in [6, 6.07) is 9.79. The first-order valence-electron chi connectivity index (χ1n) is 9.04. The molecule has 3 N–H and O–H groups in total. The number of benzene rings is 1. The number of rotatable bonds is 9. The van der Waals surface area contributed by atoms with Crippen LogP contribution in [-0.2, 0) is 17.8 Å². The van der Waals surface area contributed by atoms with Crippen LogP contribution in [0.25, 0.3) is 0 Å². The Labute approximate surface area is 174 Å². The summed E-state index contributed by atoms with van der Waals surface area (Å²) in [4.78, 5) is 16.6. The molecule has 0 radical (unpaired) electrons. The number of nitrogens with two attached hydrogens (primary N) is 1. The Morgan fingerprint density at radius 1 is 1.15 bits per heavy atom. The first-order chi connectivity index (χ1) is 11.9. The van der Waals surface area contributed by atoms with Crippen LogP contribution in [0.15, 0.2) is 42.9 Å². The SMILES string of the molecule is CC(C)CCC(C)NC(=O)[C@@H](N)Cc1cn(Cc2ccccc2)cn1.Cl.Cl. The molecule has 0 aliphatic carbocycles. The lowest BCUT2D eigenvalue weighted by Gasteiger charge is -2.18. The van der Waals surface area contributed by atoms with Crippen LogP contribution in [0.3, 0.4) is 0 Å². The highest BCUT2D eigenvalue weighted by Gasteiger charge is 2.17. The molecule has 5 nitrogen and oxygen atoms in total. The lowest BCUT2D eigenvalue weighted by atomic mass is 10.0. The fraction of sp³-hybridized carbons (Fsp3) is 0.500. The van der Waals surface area contributed by atoms with Crippen LogP contribution >= 0.6 is 24.8 Å². The molecule has 152 valence electrons. The van der Waals surface area contributed by atoms with Crippen molar-refractivity contribution >= 4 is 30.7 Å². The fourth-order valence-corrected chi connectivity index (χ4v) is 2.72. The van der Waals surface area contributed by atoms with Gasteiger partial charge in [0.25, 0.3) is 0 Å². The summed E-state index contributed by atoms with van der Waals surface area (Å²) < 4.78 is 2.01. The van der Waals surface area contributed by atoms with E-state index in [0.717, 1.165) is 25.1 Å². The van der Waals surface area contributed by atoms with Gasteiger partial charge in [-0.05, 0) is 31.2 Å². The van der Waals surface area contributed by atoms with Crippen molar-refractivity contribution in [2.24, 2.45) is 11.7 Å². The highest BCUT2D eigenvalue weighted by molar-refractivity contribution is 5.85. The Morgan fingerprint density at radius 2 is 1.81 bits per heavy atom. The van der Waals surface area contributed by atoms with Crippen LogP contribution in [0.2, 0.25) is 0 Å². The molecule has 0 aliphatic rings. The first-order valence-corrected chi connectivity index (χ1v) is 9.04. The average molecular weight is 415 g/mol. The maximum Gasteiger partial charge on any atom is 0.237 e. The van der Waals surface area contributed by atoms with Crippen LogP contribution < -0.4 is 11.1 Å².